The number of rotatable bonds is 12. The van der Waals surface area contributed by atoms with Crippen LogP contribution in [0.1, 0.15) is 61.6 Å². The van der Waals surface area contributed by atoms with Gasteiger partial charge in [0.25, 0.3) is 0 Å². The molecule has 0 aromatic heterocycles. The van der Waals surface area contributed by atoms with E-state index in [0.29, 0.717) is 56.6 Å². The first kappa shape index (κ1) is 32.5. The van der Waals surface area contributed by atoms with Crippen LogP contribution < -0.4 is 20.7 Å². The van der Waals surface area contributed by atoms with Crippen LogP contribution in [0, 0.1) is 0 Å². The molecule has 0 radical (unpaired) electrons. The number of benzene rings is 3. The highest BCUT2D eigenvalue weighted by Gasteiger charge is 2.26. The number of fused-ring (bicyclic) bond motifs is 1. The predicted molar refractivity (Wildman–Crippen MR) is 178 cm³/mol. The zero-order chi connectivity index (χ0) is 32.1. The molecule has 0 saturated heterocycles. The molecule has 3 aromatic rings. The second-order valence-electron chi connectivity index (χ2n) is 11.9. The van der Waals surface area contributed by atoms with Gasteiger partial charge < -0.3 is 25.2 Å². The van der Waals surface area contributed by atoms with Gasteiger partial charge in [-0.25, -0.2) is 9.79 Å². The van der Waals surface area contributed by atoms with Gasteiger partial charge in [0.1, 0.15) is 18.0 Å². The second kappa shape index (κ2) is 16.5. The maximum atomic E-state index is 13.0. The summed E-state index contributed by atoms with van der Waals surface area (Å²) >= 11 is 0. The lowest BCUT2D eigenvalue weighted by Gasteiger charge is -2.31. The van der Waals surface area contributed by atoms with E-state index in [-0.39, 0.29) is 24.3 Å². The lowest BCUT2D eigenvalue weighted by atomic mass is 9.94. The third-order valence-corrected chi connectivity index (χ3v) is 8.46. The van der Waals surface area contributed by atoms with E-state index in [4.69, 9.17) is 9.73 Å². The van der Waals surface area contributed by atoms with E-state index in [1.165, 1.54) is 19.3 Å². The number of nitrogens with one attached hydrogen (secondary N) is 3. The van der Waals surface area contributed by atoms with Gasteiger partial charge in [0, 0.05) is 44.7 Å². The van der Waals surface area contributed by atoms with Gasteiger partial charge in [-0.15, -0.1) is 0 Å². The molecule has 3 aromatic carbocycles. The first-order valence-electron chi connectivity index (χ1n) is 16.2. The summed E-state index contributed by atoms with van der Waals surface area (Å²) in [4.78, 5) is 47.2. The van der Waals surface area contributed by atoms with E-state index < -0.39 is 6.03 Å². The molecule has 0 atom stereocenters. The summed E-state index contributed by atoms with van der Waals surface area (Å²) in [5.41, 5.74) is 3.44. The quantitative estimate of drug-likeness (QED) is 0.238. The molecule has 1 heterocycles. The molecule has 0 bridgehead atoms. The Balaban J connectivity index is 1.23. The Morgan fingerprint density at radius 2 is 1.54 bits per heavy atom. The minimum atomic E-state index is -0.431. The summed E-state index contributed by atoms with van der Waals surface area (Å²) in [6.07, 6.45) is 6.80. The summed E-state index contributed by atoms with van der Waals surface area (Å²) in [6, 6.07) is 24.9. The minimum Gasteiger partial charge on any atom is -0.491 e. The van der Waals surface area contributed by atoms with Crippen molar-refractivity contribution < 1.29 is 19.1 Å². The zero-order valence-corrected chi connectivity index (χ0v) is 26.5. The number of amides is 4. The van der Waals surface area contributed by atoms with Crippen LogP contribution in [-0.2, 0) is 29.2 Å². The van der Waals surface area contributed by atoms with Crippen molar-refractivity contribution in [3.8, 4) is 5.75 Å². The SMILES string of the molecule is CN(C(=O)CCCOc1cccc2c1N=C(NC(=O)NCc1ccccc1)N(CC(=O)NCc1ccccc1)C2)C1CCCCC1. The Bertz CT molecular complexity index is 1490. The number of aliphatic imine (C=N–C) groups is 1. The number of para-hydroxylation sites is 1. The lowest BCUT2D eigenvalue weighted by molar-refractivity contribution is -0.132. The molecule has 4 amide bonds. The summed E-state index contributed by atoms with van der Waals surface area (Å²) in [5.74, 6) is 0.788. The van der Waals surface area contributed by atoms with Crippen LogP contribution in [0.4, 0.5) is 10.5 Å². The van der Waals surface area contributed by atoms with Gasteiger partial charge in [-0.2, -0.15) is 0 Å². The predicted octanol–water partition coefficient (Wildman–Crippen LogP) is 5.26. The molecule has 0 spiro atoms. The van der Waals surface area contributed by atoms with Crippen LogP contribution >= 0.6 is 0 Å². The normalized spacial score (nSPS) is 14.5. The van der Waals surface area contributed by atoms with Gasteiger partial charge in [0.15, 0.2) is 0 Å². The maximum absolute atomic E-state index is 13.0. The Kier molecular flexibility index (Phi) is 11.6. The Morgan fingerprint density at radius 1 is 0.870 bits per heavy atom. The molecular weight excluding hydrogens is 580 g/mol. The highest BCUT2D eigenvalue weighted by molar-refractivity contribution is 6.00. The van der Waals surface area contributed by atoms with E-state index in [1.54, 1.807) is 4.90 Å². The molecule has 5 rings (SSSR count). The minimum absolute atomic E-state index is 0.00573. The van der Waals surface area contributed by atoms with E-state index in [1.807, 2.05) is 90.8 Å². The molecule has 10 heteroatoms. The third-order valence-electron chi connectivity index (χ3n) is 8.46. The molecule has 10 nitrogen and oxygen atoms in total. The van der Waals surface area contributed by atoms with Crippen molar-refractivity contribution >= 4 is 29.5 Å². The molecule has 3 N–H and O–H groups in total. The van der Waals surface area contributed by atoms with Crippen LogP contribution in [-0.4, -0.2) is 59.8 Å². The van der Waals surface area contributed by atoms with Crippen molar-refractivity contribution in [2.24, 2.45) is 4.99 Å². The van der Waals surface area contributed by atoms with Crippen molar-refractivity contribution in [2.75, 3.05) is 20.2 Å². The Labute approximate surface area is 271 Å². The monoisotopic (exact) mass is 624 g/mol. The Hall–Kier alpha value is -4.86. The first-order chi connectivity index (χ1) is 22.5. The first-order valence-corrected chi connectivity index (χ1v) is 16.2. The van der Waals surface area contributed by atoms with Crippen LogP contribution in [0.15, 0.2) is 83.9 Å². The van der Waals surface area contributed by atoms with E-state index in [0.717, 1.165) is 29.5 Å². The van der Waals surface area contributed by atoms with Gasteiger partial charge in [-0.05, 0) is 36.5 Å². The number of carbonyl (C=O) groups is 3. The maximum Gasteiger partial charge on any atom is 0.321 e. The summed E-state index contributed by atoms with van der Waals surface area (Å²) in [6.45, 7) is 1.47. The average Bonchev–Trinajstić information content (AvgIpc) is 3.09. The van der Waals surface area contributed by atoms with Crippen molar-refractivity contribution in [3.63, 3.8) is 0 Å². The summed E-state index contributed by atoms with van der Waals surface area (Å²) in [5, 5.41) is 8.67. The number of ether oxygens (including phenoxy) is 1. The van der Waals surface area contributed by atoms with Gasteiger partial charge in [-0.3, -0.25) is 14.9 Å². The van der Waals surface area contributed by atoms with Gasteiger partial charge >= 0.3 is 6.03 Å². The number of urea groups is 1. The smallest absolute Gasteiger partial charge is 0.321 e. The topological polar surface area (TPSA) is 115 Å². The van der Waals surface area contributed by atoms with Crippen molar-refractivity contribution in [3.05, 3.63) is 95.6 Å². The van der Waals surface area contributed by atoms with E-state index in [2.05, 4.69) is 16.0 Å². The fourth-order valence-corrected chi connectivity index (χ4v) is 5.84. The van der Waals surface area contributed by atoms with Crippen molar-refractivity contribution in [1.82, 2.24) is 25.8 Å². The molecule has 242 valence electrons. The van der Waals surface area contributed by atoms with Gasteiger partial charge in [0.2, 0.25) is 17.8 Å². The molecule has 0 unspecified atom stereocenters. The number of hydrogen-bond donors (Lipinski definition) is 3. The van der Waals surface area contributed by atoms with E-state index >= 15 is 0 Å². The van der Waals surface area contributed by atoms with Crippen LogP contribution in [0.5, 0.6) is 5.75 Å². The number of carbonyl (C=O) groups excluding carboxylic acids is 3. The fourth-order valence-electron chi connectivity index (χ4n) is 5.84. The van der Waals surface area contributed by atoms with Crippen LogP contribution in [0.3, 0.4) is 0 Å². The molecule has 2 aliphatic rings. The largest absolute Gasteiger partial charge is 0.491 e. The van der Waals surface area contributed by atoms with Crippen molar-refractivity contribution in [2.45, 2.75) is 70.6 Å². The molecular formula is C36H44N6O4. The molecule has 1 aliphatic heterocycles. The number of guanidine groups is 1. The van der Waals surface area contributed by atoms with Gasteiger partial charge in [0.05, 0.1) is 6.61 Å². The van der Waals surface area contributed by atoms with Crippen LogP contribution in [0.2, 0.25) is 0 Å². The lowest BCUT2D eigenvalue weighted by Crippen LogP contribution is -2.51. The Morgan fingerprint density at radius 3 is 2.24 bits per heavy atom. The van der Waals surface area contributed by atoms with E-state index in [9.17, 15) is 14.4 Å². The number of nitrogens with zero attached hydrogens (tertiary/aromatic N) is 3. The summed E-state index contributed by atoms with van der Waals surface area (Å²) in [7, 11) is 1.92. The molecule has 1 aliphatic carbocycles. The highest BCUT2D eigenvalue weighted by Crippen LogP contribution is 2.35. The molecule has 46 heavy (non-hydrogen) atoms. The molecule has 1 saturated carbocycles. The molecule has 1 fully saturated rings. The highest BCUT2D eigenvalue weighted by atomic mass is 16.5. The standard InChI is InChI=1S/C36H44N6O4/c1-41(30-18-9-4-10-19-30)33(44)21-12-22-46-31-20-11-17-29-25-42(26-32(43)37-23-27-13-5-2-6-14-27)35(39-34(29)31)40-36(45)38-24-28-15-7-3-8-16-28/h2-3,5-8,11,13-17,20,30H,4,9-10,12,18-19,21-26H2,1H3,(H,37,43)(H2,38,39,40,45). The third kappa shape index (κ3) is 9.32. The second-order valence-corrected chi connectivity index (χ2v) is 11.9. The average molecular weight is 625 g/mol. The number of hydrogen-bond acceptors (Lipinski definition) is 6. The van der Waals surface area contributed by atoms with Crippen molar-refractivity contribution in [1.29, 1.82) is 0 Å². The zero-order valence-electron chi connectivity index (χ0n) is 26.5. The summed E-state index contributed by atoms with van der Waals surface area (Å²) < 4.78 is 6.14. The van der Waals surface area contributed by atoms with Gasteiger partial charge in [-0.1, -0.05) is 92.1 Å². The van der Waals surface area contributed by atoms with Crippen LogP contribution in [0.25, 0.3) is 0 Å². The fraction of sp³-hybridized carbons (Fsp3) is 0.389.